The second-order valence-corrected chi connectivity index (χ2v) is 10.4. The van der Waals surface area contributed by atoms with Crippen molar-refractivity contribution < 1.29 is 38.4 Å². The van der Waals surface area contributed by atoms with Crippen molar-refractivity contribution in [3.8, 4) is 23.0 Å². The number of aliphatic hydroxyl groups is 1. The number of benzene rings is 3. The zero-order valence-corrected chi connectivity index (χ0v) is 25.0. The van der Waals surface area contributed by atoms with E-state index >= 15 is 0 Å². The molecule has 1 saturated carbocycles. The molecule has 10 nitrogen and oxygen atoms in total. The van der Waals surface area contributed by atoms with Gasteiger partial charge in [-0.25, -0.2) is 0 Å². The molecule has 1 aliphatic carbocycles. The number of ether oxygens (including phenoxy) is 4. The highest BCUT2D eigenvalue weighted by Crippen LogP contribution is 2.50. The zero-order chi connectivity index (χ0) is 31.1. The van der Waals surface area contributed by atoms with Crippen molar-refractivity contribution in [2.45, 2.75) is 38.7 Å². The molecular formula is C33H38N2O8. The molecule has 228 valence electrons. The number of hydrogen-bond donors (Lipinski definition) is 3. The molecule has 4 rings (SSSR count). The summed E-state index contributed by atoms with van der Waals surface area (Å²) in [6.45, 7) is 5.82. The molecule has 3 aromatic carbocycles. The molecule has 0 aromatic heterocycles. The summed E-state index contributed by atoms with van der Waals surface area (Å²) in [7, 11) is 2.94. The molecule has 4 atom stereocenters. The normalized spacial score (nSPS) is 21.4. The van der Waals surface area contributed by atoms with Crippen LogP contribution in [0.25, 0.3) is 0 Å². The number of carbonyl (C=O) groups excluding carboxylic acids is 3. The van der Waals surface area contributed by atoms with E-state index < -0.39 is 47.4 Å². The van der Waals surface area contributed by atoms with E-state index in [0.717, 1.165) is 0 Å². The first kappa shape index (κ1) is 31.4. The third kappa shape index (κ3) is 6.75. The SMILES string of the molecule is CCOc1ccccc1NC(=O)C1C(=O)CC(C)(O)C(C(=O)Nc2ccccc2OCC)C1c1cc(OC)ccc1OC. The maximum atomic E-state index is 14.2. The molecule has 10 heteroatoms. The van der Waals surface area contributed by atoms with Crippen LogP contribution in [-0.4, -0.2) is 55.7 Å². The Morgan fingerprint density at radius 1 is 0.837 bits per heavy atom. The van der Waals surface area contributed by atoms with E-state index in [-0.39, 0.29) is 0 Å². The Morgan fingerprint density at radius 2 is 1.40 bits per heavy atom. The van der Waals surface area contributed by atoms with Gasteiger partial charge in [0.2, 0.25) is 11.8 Å². The Morgan fingerprint density at radius 3 is 1.93 bits per heavy atom. The Labute approximate surface area is 251 Å². The van der Waals surface area contributed by atoms with Crippen LogP contribution in [0.2, 0.25) is 0 Å². The standard InChI is InChI=1S/C33H38N2O8/c1-6-42-26-14-10-8-12-22(26)34-31(37)29-24(36)19-33(3,39)30(28(29)21-18-20(40-4)16-17-25(21)41-5)32(38)35-23-13-9-11-15-27(23)43-7-2/h8-18,28-30,39H,6-7,19H2,1-5H3,(H,34,37)(H,35,38). The van der Waals surface area contributed by atoms with Crippen molar-refractivity contribution in [1.29, 1.82) is 0 Å². The predicted octanol–water partition coefficient (Wildman–Crippen LogP) is 4.82. The van der Waals surface area contributed by atoms with Gasteiger partial charge < -0.3 is 34.7 Å². The van der Waals surface area contributed by atoms with Gasteiger partial charge in [0.25, 0.3) is 0 Å². The lowest BCUT2D eigenvalue weighted by Crippen LogP contribution is -2.56. The lowest BCUT2D eigenvalue weighted by atomic mass is 9.61. The maximum absolute atomic E-state index is 14.2. The number of anilines is 2. The molecule has 43 heavy (non-hydrogen) atoms. The highest BCUT2D eigenvalue weighted by molar-refractivity contribution is 6.11. The fraction of sp³-hybridized carbons (Fsp3) is 0.364. The maximum Gasteiger partial charge on any atom is 0.235 e. The summed E-state index contributed by atoms with van der Waals surface area (Å²) < 4.78 is 22.5. The van der Waals surface area contributed by atoms with E-state index in [1.807, 2.05) is 13.8 Å². The van der Waals surface area contributed by atoms with E-state index in [2.05, 4.69) is 10.6 Å². The highest BCUT2D eigenvalue weighted by atomic mass is 16.5. The monoisotopic (exact) mass is 590 g/mol. The minimum Gasteiger partial charge on any atom is -0.497 e. The molecule has 3 aromatic rings. The average molecular weight is 591 g/mol. The molecule has 2 amide bonds. The van der Waals surface area contributed by atoms with Gasteiger partial charge >= 0.3 is 0 Å². The summed E-state index contributed by atoms with van der Waals surface area (Å²) in [6.07, 6.45) is -0.424. The van der Waals surface area contributed by atoms with Crippen molar-refractivity contribution >= 4 is 29.0 Å². The third-order valence-corrected chi connectivity index (χ3v) is 7.52. The summed E-state index contributed by atoms with van der Waals surface area (Å²) in [5, 5.41) is 17.4. The van der Waals surface area contributed by atoms with Gasteiger partial charge in [-0.15, -0.1) is 0 Å². The average Bonchev–Trinajstić information content (AvgIpc) is 2.98. The van der Waals surface area contributed by atoms with Crippen LogP contribution in [0.5, 0.6) is 23.0 Å². The van der Waals surface area contributed by atoms with E-state index in [1.54, 1.807) is 66.7 Å². The number of rotatable bonds is 11. The van der Waals surface area contributed by atoms with Gasteiger partial charge in [0.1, 0.15) is 34.7 Å². The van der Waals surface area contributed by atoms with Gasteiger partial charge in [-0.2, -0.15) is 0 Å². The molecule has 0 bridgehead atoms. The third-order valence-electron chi connectivity index (χ3n) is 7.52. The number of nitrogens with one attached hydrogen (secondary N) is 2. The smallest absolute Gasteiger partial charge is 0.235 e. The van der Waals surface area contributed by atoms with Crippen LogP contribution in [0, 0.1) is 11.8 Å². The molecule has 0 aliphatic heterocycles. The number of para-hydroxylation sites is 4. The Balaban J connectivity index is 1.85. The van der Waals surface area contributed by atoms with Gasteiger partial charge in [-0.05, 0) is 63.2 Å². The number of hydrogen-bond acceptors (Lipinski definition) is 8. The van der Waals surface area contributed by atoms with E-state index in [4.69, 9.17) is 18.9 Å². The Bertz CT molecular complexity index is 1470. The molecule has 0 spiro atoms. The molecule has 0 saturated heterocycles. The van der Waals surface area contributed by atoms with Crippen LogP contribution in [0.15, 0.2) is 66.7 Å². The minimum absolute atomic E-state index is 0.330. The van der Waals surface area contributed by atoms with Crippen molar-refractivity contribution in [1.82, 2.24) is 0 Å². The minimum atomic E-state index is -1.82. The topological polar surface area (TPSA) is 132 Å². The van der Waals surface area contributed by atoms with E-state index in [9.17, 15) is 19.5 Å². The van der Waals surface area contributed by atoms with Gasteiger partial charge in [0, 0.05) is 17.9 Å². The van der Waals surface area contributed by atoms with Crippen LogP contribution < -0.4 is 29.6 Å². The molecule has 3 N–H and O–H groups in total. The van der Waals surface area contributed by atoms with Crippen LogP contribution in [0.3, 0.4) is 0 Å². The largest absolute Gasteiger partial charge is 0.497 e. The molecule has 0 radical (unpaired) electrons. The first-order valence-corrected chi connectivity index (χ1v) is 14.2. The predicted molar refractivity (Wildman–Crippen MR) is 162 cm³/mol. The van der Waals surface area contributed by atoms with Gasteiger partial charge in [0.15, 0.2) is 0 Å². The van der Waals surface area contributed by atoms with Crippen LogP contribution >= 0.6 is 0 Å². The molecule has 0 heterocycles. The Kier molecular flexibility index (Phi) is 9.92. The quantitative estimate of drug-likeness (QED) is 0.271. The number of methoxy groups -OCH3 is 2. The Hall–Kier alpha value is -4.57. The number of amides is 2. The molecule has 1 fully saturated rings. The molecule has 1 aliphatic rings. The van der Waals surface area contributed by atoms with E-state index in [0.29, 0.717) is 53.2 Å². The summed E-state index contributed by atoms with van der Waals surface area (Å²) in [4.78, 5) is 42.0. The highest BCUT2D eigenvalue weighted by Gasteiger charge is 2.56. The van der Waals surface area contributed by atoms with Crippen LogP contribution in [0.4, 0.5) is 11.4 Å². The van der Waals surface area contributed by atoms with Crippen molar-refractivity contribution in [3.05, 3.63) is 72.3 Å². The number of carbonyl (C=O) groups is 3. The molecular weight excluding hydrogens is 552 g/mol. The van der Waals surface area contributed by atoms with Gasteiger partial charge in [0.05, 0.1) is 50.3 Å². The summed E-state index contributed by atoms with van der Waals surface area (Å²) in [5.41, 5.74) is -0.681. The summed E-state index contributed by atoms with van der Waals surface area (Å²) in [5.74, 6) is -3.89. The first-order valence-electron chi connectivity index (χ1n) is 14.2. The summed E-state index contributed by atoms with van der Waals surface area (Å²) in [6, 6.07) is 18.7. The fourth-order valence-corrected chi connectivity index (χ4v) is 5.69. The fourth-order valence-electron chi connectivity index (χ4n) is 5.69. The van der Waals surface area contributed by atoms with E-state index in [1.165, 1.54) is 21.1 Å². The number of Topliss-reactive ketones (excluding diaryl/α,β-unsaturated/α-hetero) is 1. The first-order chi connectivity index (χ1) is 20.6. The van der Waals surface area contributed by atoms with Crippen molar-refractivity contribution in [2.24, 2.45) is 11.8 Å². The van der Waals surface area contributed by atoms with Crippen LogP contribution in [0.1, 0.15) is 38.7 Å². The summed E-state index contributed by atoms with van der Waals surface area (Å²) >= 11 is 0. The lowest BCUT2D eigenvalue weighted by molar-refractivity contribution is -0.150. The second-order valence-electron chi connectivity index (χ2n) is 10.4. The van der Waals surface area contributed by atoms with Gasteiger partial charge in [-0.1, -0.05) is 24.3 Å². The lowest BCUT2D eigenvalue weighted by Gasteiger charge is -2.44. The van der Waals surface area contributed by atoms with Crippen LogP contribution in [-0.2, 0) is 14.4 Å². The van der Waals surface area contributed by atoms with Crippen molar-refractivity contribution in [2.75, 3.05) is 38.1 Å². The second kappa shape index (κ2) is 13.6. The molecule has 4 unspecified atom stereocenters. The number of ketones is 1. The van der Waals surface area contributed by atoms with Crippen molar-refractivity contribution in [3.63, 3.8) is 0 Å². The zero-order valence-electron chi connectivity index (χ0n) is 25.0. The van der Waals surface area contributed by atoms with Gasteiger partial charge in [-0.3, -0.25) is 14.4 Å².